The third-order valence-corrected chi connectivity index (χ3v) is 5.18. The molecule has 0 radical (unpaired) electrons. The third-order valence-electron chi connectivity index (χ3n) is 5.18. The van der Waals surface area contributed by atoms with E-state index in [1.807, 2.05) is 36.4 Å². The van der Waals surface area contributed by atoms with E-state index < -0.39 is 6.17 Å². The molecule has 28 heavy (non-hydrogen) atoms. The van der Waals surface area contributed by atoms with Crippen LogP contribution in [0.3, 0.4) is 0 Å². The number of hydrogen-bond donors (Lipinski definition) is 0. The maximum atomic E-state index is 12.5. The molecule has 1 atom stereocenters. The summed E-state index contributed by atoms with van der Waals surface area (Å²) in [6.07, 6.45) is 0.233. The summed E-state index contributed by atoms with van der Waals surface area (Å²) < 4.78 is 5.18. The Kier molecular flexibility index (Phi) is 5.68. The summed E-state index contributed by atoms with van der Waals surface area (Å²) >= 11 is 0. The highest BCUT2D eigenvalue weighted by atomic mass is 16.5. The summed E-state index contributed by atoms with van der Waals surface area (Å²) in [5.41, 5.74) is 3.25. The lowest BCUT2D eigenvalue weighted by molar-refractivity contribution is -0.128. The molecule has 2 aromatic rings. The number of rotatable bonds is 6. The number of amides is 1. The summed E-state index contributed by atoms with van der Waals surface area (Å²) in [6, 6.07) is 15.9. The minimum Gasteiger partial charge on any atom is -0.497 e. The lowest BCUT2D eigenvalue weighted by Gasteiger charge is -2.28. The maximum Gasteiger partial charge on any atom is 0.246 e. The summed E-state index contributed by atoms with van der Waals surface area (Å²) in [5.74, 6) is 0.715. The average molecular weight is 381 g/mol. The number of nitrogens with zero attached hydrogens (tertiary/aromatic N) is 3. The van der Waals surface area contributed by atoms with Crippen LogP contribution in [0.5, 0.6) is 5.75 Å². The van der Waals surface area contributed by atoms with Crippen LogP contribution in [0.25, 0.3) is 0 Å². The largest absolute Gasteiger partial charge is 0.497 e. The van der Waals surface area contributed by atoms with Gasteiger partial charge in [-0.15, -0.1) is 4.91 Å². The van der Waals surface area contributed by atoms with E-state index in [9.17, 15) is 9.70 Å². The van der Waals surface area contributed by atoms with Crippen molar-refractivity contribution >= 4 is 5.91 Å². The average Bonchev–Trinajstić information content (AvgIpc) is 3.01. The number of ether oxygens (including phenoxy) is 1. The molecule has 1 unspecified atom stereocenters. The molecule has 1 saturated heterocycles. The Bertz CT molecular complexity index is 826. The number of carbonyl (C=O) groups excluding carboxylic acids is 1. The van der Waals surface area contributed by atoms with Crippen LogP contribution in [0.1, 0.15) is 43.6 Å². The Morgan fingerprint density at radius 2 is 1.71 bits per heavy atom. The van der Waals surface area contributed by atoms with Gasteiger partial charge in [0.25, 0.3) is 0 Å². The molecule has 1 fully saturated rings. The maximum absolute atomic E-state index is 12.5. The van der Waals surface area contributed by atoms with Crippen LogP contribution in [0.4, 0.5) is 0 Å². The first-order chi connectivity index (χ1) is 13.3. The van der Waals surface area contributed by atoms with E-state index in [0.29, 0.717) is 13.0 Å². The second-order valence-corrected chi connectivity index (χ2v) is 8.11. The van der Waals surface area contributed by atoms with Crippen LogP contribution in [0.15, 0.2) is 53.8 Å². The van der Waals surface area contributed by atoms with Gasteiger partial charge in [-0.1, -0.05) is 57.2 Å². The SMILES string of the molecule is COc1ccc(CCN2C(=O)CN(N=O)C2c2ccc(C(C)(C)C)cc2)cc1. The number of carbonyl (C=O) groups is 1. The van der Waals surface area contributed by atoms with E-state index in [1.165, 1.54) is 10.6 Å². The van der Waals surface area contributed by atoms with E-state index in [4.69, 9.17) is 4.74 Å². The predicted molar refractivity (Wildman–Crippen MR) is 109 cm³/mol. The van der Waals surface area contributed by atoms with E-state index in [2.05, 4.69) is 38.2 Å². The highest BCUT2D eigenvalue weighted by Crippen LogP contribution is 2.33. The van der Waals surface area contributed by atoms with Crippen LogP contribution in [0.2, 0.25) is 0 Å². The van der Waals surface area contributed by atoms with Crippen molar-refractivity contribution in [3.63, 3.8) is 0 Å². The quantitative estimate of drug-likeness (QED) is 0.708. The lowest BCUT2D eigenvalue weighted by Crippen LogP contribution is -2.32. The molecule has 0 spiro atoms. The van der Waals surface area contributed by atoms with Gasteiger partial charge in [0.1, 0.15) is 12.3 Å². The summed E-state index contributed by atoms with van der Waals surface area (Å²) in [7, 11) is 1.63. The molecule has 1 aliphatic heterocycles. The van der Waals surface area contributed by atoms with Crippen molar-refractivity contribution < 1.29 is 9.53 Å². The van der Waals surface area contributed by atoms with Crippen LogP contribution in [0, 0.1) is 4.91 Å². The predicted octanol–water partition coefficient (Wildman–Crippen LogP) is 4.06. The van der Waals surface area contributed by atoms with Crippen molar-refractivity contribution in [2.24, 2.45) is 5.29 Å². The van der Waals surface area contributed by atoms with Gasteiger partial charge in [-0.3, -0.25) is 4.79 Å². The van der Waals surface area contributed by atoms with E-state index in [1.54, 1.807) is 12.0 Å². The standard InChI is InChI=1S/C22H27N3O3/c1-22(2,3)18-9-7-17(8-10-18)21-24(20(26)15-25(21)23-27)14-13-16-5-11-19(28-4)12-6-16/h5-12,21H,13-15H2,1-4H3. The van der Waals surface area contributed by atoms with Gasteiger partial charge in [-0.2, -0.15) is 0 Å². The first-order valence-electron chi connectivity index (χ1n) is 9.46. The Morgan fingerprint density at radius 3 is 2.25 bits per heavy atom. The van der Waals surface area contributed by atoms with Crippen LogP contribution in [-0.2, 0) is 16.6 Å². The second kappa shape index (κ2) is 8.00. The zero-order valence-electron chi connectivity index (χ0n) is 16.9. The first-order valence-corrected chi connectivity index (χ1v) is 9.46. The molecule has 0 aromatic heterocycles. The van der Waals surface area contributed by atoms with Gasteiger partial charge in [0.15, 0.2) is 6.17 Å². The third kappa shape index (κ3) is 4.16. The molecule has 3 rings (SSSR count). The van der Waals surface area contributed by atoms with Gasteiger partial charge in [-0.25, -0.2) is 5.01 Å². The Hall–Kier alpha value is -2.89. The fraction of sp³-hybridized carbons (Fsp3) is 0.409. The molecule has 2 aromatic carbocycles. The number of nitroso groups, excluding NO2 is 1. The van der Waals surface area contributed by atoms with Crippen molar-refractivity contribution in [2.45, 2.75) is 38.8 Å². The fourth-order valence-electron chi connectivity index (χ4n) is 3.48. The number of methoxy groups -OCH3 is 1. The summed E-state index contributed by atoms with van der Waals surface area (Å²) in [5, 5.41) is 4.42. The van der Waals surface area contributed by atoms with E-state index >= 15 is 0 Å². The van der Waals surface area contributed by atoms with Crippen LogP contribution < -0.4 is 4.74 Å². The van der Waals surface area contributed by atoms with Gasteiger partial charge in [-0.05, 0) is 40.7 Å². The highest BCUT2D eigenvalue weighted by Gasteiger charge is 2.39. The van der Waals surface area contributed by atoms with Gasteiger partial charge < -0.3 is 9.64 Å². The van der Waals surface area contributed by atoms with Gasteiger partial charge >= 0.3 is 0 Å². The summed E-state index contributed by atoms with van der Waals surface area (Å²) in [4.78, 5) is 25.6. The van der Waals surface area contributed by atoms with Gasteiger partial charge in [0.2, 0.25) is 5.91 Å². The Labute approximate surface area is 166 Å². The normalized spacial score (nSPS) is 17.1. The van der Waals surface area contributed by atoms with Crippen molar-refractivity contribution in [1.29, 1.82) is 0 Å². The van der Waals surface area contributed by atoms with Crippen LogP contribution in [-0.4, -0.2) is 36.0 Å². The summed E-state index contributed by atoms with van der Waals surface area (Å²) in [6.45, 7) is 6.99. The molecule has 0 N–H and O–H groups in total. The molecular weight excluding hydrogens is 354 g/mol. The topological polar surface area (TPSA) is 62.2 Å². The molecule has 6 nitrogen and oxygen atoms in total. The van der Waals surface area contributed by atoms with Gasteiger partial charge in [0.05, 0.1) is 12.4 Å². The molecule has 6 heteroatoms. The molecule has 0 aliphatic carbocycles. The second-order valence-electron chi connectivity index (χ2n) is 8.11. The van der Waals surface area contributed by atoms with E-state index in [-0.39, 0.29) is 17.9 Å². The minimum absolute atomic E-state index is 0.0117. The van der Waals surface area contributed by atoms with Crippen LogP contribution >= 0.6 is 0 Å². The smallest absolute Gasteiger partial charge is 0.246 e. The number of hydrogen-bond acceptors (Lipinski definition) is 4. The van der Waals surface area contributed by atoms with Crippen molar-refractivity contribution in [1.82, 2.24) is 9.91 Å². The molecular formula is C22H27N3O3. The fourth-order valence-corrected chi connectivity index (χ4v) is 3.48. The van der Waals surface area contributed by atoms with Gasteiger partial charge in [0, 0.05) is 6.54 Å². The lowest BCUT2D eigenvalue weighted by atomic mass is 9.86. The molecule has 0 saturated carbocycles. The molecule has 1 aliphatic rings. The zero-order chi connectivity index (χ0) is 20.3. The van der Waals surface area contributed by atoms with Crippen molar-refractivity contribution in [3.8, 4) is 5.75 Å². The molecule has 0 bridgehead atoms. The Balaban J connectivity index is 1.79. The molecule has 1 heterocycles. The molecule has 148 valence electrons. The highest BCUT2D eigenvalue weighted by molar-refractivity contribution is 5.81. The monoisotopic (exact) mass is 381 g/mol. The number of benzene rings is 2. The van der Waals surface area contributed by atoms with E-state index in [0.717, 1.165) is 16.9 Å². The Morgan fingerprint density at radius 1 is 1.07 bits per heavy atom. The zero-order valence-corrected chi connectivity index (χ0v) is 16.9. The first kappa shape index (κ1) is 19.9. The van der Waals surface area contributed by atoms with Crippen molar-refractivity contribution in [3.05, 3.63) is 70.1 Å². The molecule has 1 amide bonds. The minimum atomic E-state index is -0.461. The van der Waals surface area contributed by atoms with Crippen molar-refractivity contribution in [2.75, 3.05) is 20.2 Å².